The second-order valence-electron chi connectivity index (χ2n) is 4.60. The van der Waals surface area contributed by atoms with Crippen molar-refractivity contribution in [3.8, 4) is 0 Å². The lowest BCUT2D eigenvalue weighted by molar-refractivity contribution is -0.173. The van der Waals surface area contributed by atoms with Crippen LogP contribution in [-0.2, 0) is 11.2 Å². The van der Waals surface area contributed by atoms with Gasteiger partial charge in [-0.25, -0.2) is 0 Å². The molecule has 1 aliphatic rings. The number of nitrogens with zero attached hydrogens (tertiary/aromatic N) is 2. The van der Waals surface area contributed by atoms with E-state index in [4.69, 9.17) is 4.52 Å². The molecule has 2 rings (SSSR count). The average Bonchev–Trinajstić information content (AvgIpc) is 2.91. The minimum absolute atomic E-state index is 0.0725. The highest BCUT2D eigenvalue weighted by molar-refractivity contribution is 5.02. The Hall–Kier alpha value is -1.15. The van der Waals surface area contributed by atoms with Gasteiger partial charge in [-0.15, -0.1) is 0 Å². The Morgan fingerprint density at radius 1 is 1.47 bits per heavy atom. The van der Waals surface area contributed by atoms with Crippen LogP contribution >= 0.6 is 0 Å². The van der Waals surface area contributed by atoms with Crippen molar-refractivity contribution >= 4 is 0 Å². The summed E-state index contributed by atoms with van der Waals surface area (Å²) in [5.41, 5.74) is 0. The number of nitrogens with one attached hydrogen (secondary N) is 1. The Labute approximate surface area is 108 Å². The van der Waals surface area contributed by atoms with E-state index in [1.54, 1.807) is 0 Å². The molecule has 0 amide bonds. The fourth-order valence-electron chi connectivity index (χ4n) is 2.07. The van der Waals surface area contributed by atoms with E-state index in [1.165, 1.54) is 0 Å². The molecule has 1 fully saturated rings. The van der Waals surface area contributed by atoms with Crippen LogP contribution in [0, 0.1) is 0 Å². The largest absolute Gasteiger partial charge is 0.411 e. The predicted molar refractivity (Wildman–Crippen MR) is 59.7 cm³/mol. The molecule has 2 atom stereocenters. The van der Waals surface area contributed by atoms with Gasteiger partial charge in [-0.3, -0.25) is 0 Å². The Kier molecular flexibility index (Phi) is 4.41. The molecule has 1 aromatic rings. The van der Waals surface area contributed by atoms with Gasteiger partial charge in [-0.05, 0) is 19.9 Å². The molecule has 2 unspecified atom stereocenters. The molecule has 8 heteroatoms. The topological polar surface area (TPSA) is 60.2 Å². The molecule has 0 spiro atoms. The molecule has 0 saturated carbocycles. The van der Waals surface area contributed by atoms with Crippen molar-refractivity contribution in [2.24, 2.45) is 0 Å². The number of rotatable bonds is 5. The van der Waals surface area contributed by atoms with Crippen LogP contribution in [0.3, 0.4) is 0 Å². The highest BCUT2D eigenvalue weighted by atomic mass is 19.4. The van der Waals surface area contributed by atoms with Crippen molar-refractivity contribution in [2.75, 3.05) is 19.8 Å². The van der Waals surface area contributed by atoms with Gasteiger partial charge in [0.1, 0.15) is 6.61 Å². The van der Waals surface area contributed by atoms with Crippen molar-refractivity contribution in [3.05, 3.63) is 11.7 Å². The molecule has 0 bridgehead atoms. The zero-order valence-corrected chi connectivity index (χ0v) is 10.5. The summed E-state index contributed by atoms with van der Waals surface area (Å²) in [5.74, 6) is 1.11. The highest BCUT2D eigenvalue weighted by Crippen LogP contribution is 2.25. The van der Waals surface area contributed by atoms with Gasteiger partial charge < -0.3 is 14.6 Å². The number of ether oxygens (including phenoxy) is 1. The third kappa shape index (κ3) is 4.17. The van der Waals surface area contributed by atoms with Gasteiger partial charge in [0.25, 0.3) is 0 Å². The lowest BCUT2D eigenvalue weighted by atomic mass is 10.0. The minimum atomic E-state index is -4.30. The zero-order chi connectivity index (χ0) is 13.9. The van der Waals surface area contributed by atoms with E-state index in [-0.39, 0.29) is 25.0 Å². The summed E-state index contributed by atoms with van der Waals surface area (Å²) in [6.07, 6.45) is -3.16. The summed E-state index contributed by atoms with van der Waals surface area (Å²) in [4.78, 5) is 4.20. The van der Waals surface area contributed by atoms with Crippen LogP contribution in [0.5, 0.6) is 0 Å². The maximum Gasteiger partial charge on any atom is 0.411 e. The Morgan fingerprint density at radius 2 is 2.26 bits per heavy atom. The fourth-order valence-corrected chi connectivity index (χ4v) is 2.07. The molecule has 108 valence electrons. The van der Waals surface area contributed by atoms with E-state index in [1.807, 2.05) is 6.92 Å². The SMILES string of the molecule is CC1NCCC1c1nc(CCOCC(F)(F)F)no1. The standard InChI is InChI=1S/C11H16F3N3O2/c1-7-8(2-4-15-7)10-16-9(17-19-10)3-5-18-6-11(12,13)14/h7-8,15H,2-6H2,1H3. The second-order valence-corrected chi connectivity index (χ2v) is 4.60. The summed E-state index contributed by atoms with van der Waals surface area (Å²) in [6.45, 7) is 1.62. The number of hydrogen-bond donors (Lipinski definition) is 1. The summed E-state index contributed by atoms with van der Waals surface area (Å²) in [5, 5.41) is 7.02. The molecule has 1 aromatic heterocycles. The molecule has 1 N–H and O–H groups in total. The van der Waals surface area contributed by atoms with Crippen LogP contribution in [0.2, 0.25) is 0 Å². The first-order valence-electron chi connectivity index (χ1n) is 6.16. The molecule has 0 aromatic carbocycles. The van der Waals surface area contributed by atoms with Crippen LogP contribution in [0.15, 0.2) is 4.52 Å². The molecule has 1 saturated heterocycles. The van der Waals surface area contributed by atoms with Gasteiger partial charge in [0.05, 0.1) is 12.5 Å². The molecule has 0 radical (unpaired) electrons. The van der Waals surface area contributed by atoms with Crippen LogP contribution in [0.25, 0.3) is 0 Å². The zero-order valence-electron chi connectivity index (χ0n) is 10.5. The van der Waals surface area contributed by atoms with Crippen LogP contribution < -0.4 is 5.32 Å². The lowest BCUT2D eigenvalue weighted by Crippen LogP contribution is -2.21. The maximum atomic E-state index is 11.9. The molecular formula is C11H16F3N3O2. The first kappa shape index (κ1) is 14.3. The monoisotopic (exact) mass is 279 g/mol. The summed E-state index contributed by atoms with van der Waals surface area (Å²) >= 11 is 0. The quantitative estimate of drug-likeness (QED) is 0.831. The average molecular weight is 279 g/mol. The Balaban J connectivity index is 1.78. The smallest absolute Gasteiger partial charge is 0.372 e. The van der Waals surface area contributed by atoms with Crippen molar-refractivity contribution in [1.82, 2.24) is 15.5 Å². The summed E-state index contributed by atoms with van der Waals surface area (Å²) in [7, 11) is 0. The van der Waals surface area contributed by atoms with Gasteiger partial charge in [0, 0.05) is 12.5 Å². The first-order chi connectivity index (χ1) is 8.96. The van der Waals surface area contributed by atoms with E-state index >= 15 is 0 Å². The van der Waals surface area contributed by atoms with Crippen molar-refractivity contribution in [1.29, 1.82) is 0 Å². The van der Waals surface area contributed by atoms with Crippen molar-refractivity contribution in [2.45, 2.75) is 37.9 Å². The molecule has 2 heterocycles. The molecule has 5 nitrogen and oxygen atoms in total. The van der Waals surface area contributed by atoms with Gasteiger partial charge in [0.2, 0.25) is 5.89 Å². The normalized spacial score (nSPS) is 24.0. The first-order valence-corrected chi connectivity index (χ1v) is 6.16. The lowest BCUT2D eigenvalue weighted by Gasteiger charge is -2.08. The van der Waals surface area contributed by atoms with Gasteiger partial charge in [-0.1, -0.05) is 5.16 Å². The third-order valence-electron chi connectivity index (χ3n) is 3.06. The molecular weight excluding hydrogens is 263 g/mol. The number of hydrogen-bond acceptors (Lipinski definition) is 5. The van der Waals surface area contributed by atoms with Crippen LogP contribution in [0.4, 0.5) is 13.2 Å². The Morgan fingerprint density at radius 3 is 2.89 bits per heavy atom. The summed E-state index contributed by atoms with van der Waals surface area (Å²) < 4.78 is 45.2. The predicted octanol–water partition coefficient (Wildman–Crippen LogP) is 1.66. The Bertz CT molecular complexity index is 408. The third-order valence-corrected chi connectivity index (χ3v) is 3.06. The summed E-state index contributed by atoms with van der Waals surface area (Å²) in [6, 6.07) is 0.273. The van der Waals surface area contributed by atoms with E-state index in [9.17, 15) is 13.2 Å². The molecule has 1 aliphatic heterocycles. The van der Waals surface area contributed by atoms with Crippen molar-refractivity contribution in [3.63, 3.8) is 0 Å². The number of alkyl halides is 3. The molecule has 0 aliphatic carbocycles. The number of halogens is 3. The van der Waals surface area contributed by atoms with Crippen molar-refractivity contribution < 1.29 is 22.4 Å². The van der Waals surface area contributed by atoms with E-state index < -0.39 is 12.8 Å². The fraction of sp³-hybridized carbons (Fsp3) is 0.818. The maximum absolute atomic E-state index is 11.9. The van der Waals surface area contributed by atoms with Gasteiger partial charge in [-0.2, -0.15) is 18.2 Å². The highest BCUT2D eigenvalue weighted by Gasteiger charge is 2.29. The van der Waals surface area contributed by atoms with Crippen LogP contribution in [-0.4, -0.2) is 42.1 Å². The van der Waals surface area contributed by atoms with Gasteiger partial charge in [0.15, 0.2) is 5.82 Å². The number of aromatic nitrogens is 2. The van der Waals surface area contributed by atoms with E-state index in [0.717, 1.165) is 13.0 Å². The molecule has 19 heavy (non-hydrogen) atoms. The van der Waals surface area contributed by atoms with E-state index in [0.29, 0.717) is 11.7 Å². The van der Waals surface area contributed by atoms with Gasteiger partial charge >= 0.3 is 6.18 Å². The minimum Gasteiger partial charge on any atom is -0.372 e. The second kappa shape index (κ2) is 5.87. The van der Waals surface area contributed by atoms with E-state index in [2.05, 4.69) is 20.2 Å². The van der Waals surface area contributed by atoms with Crippen LogP contribution in [0.1, 0.15) is 31.0 Å².